The lowest BCUT2D eigenvalue weighted by molar-refractivity contribution is 0.0941. The monoisotopic (exact) mass is 345 g/mol. The van der Waals surface area contributed by atoms with E-state index in [1.165, 1.54) is 16.5 Å². The number of ether oxygens (including phenoxy) is 1. The Balaban J connectivity index is 1.68. The zero-order chi connectivity index (χ0) is 18.3. The minimum Gasteiger partial charge on any atom is -0.496 e. The molecule has 1 unspecified atom stereocenters. The van der Waals surface area contributed by atoms with Crippen LogP contribution in [-0.2, 0) is 12.8 Å². The summed E-state index contributed by atoms with van der Waals surface area (Å²) in [5.74, 6) is 0.750. The Bertz CT molecular complexity index is 996. The van der Waals surface area contributed by atoms with Crippen molar-refractivity contribution in [3.8, 4) is 5.75 Å². The van der Waals surface area contributed by atoms with Gasteiger partial charge in [0.25, 0.3) is 5.91 Å². The first-order valence-corrected chi connectivity index (χ1v) is 9.07. The number of carbonyl (C=O) groups excluding carboxylic acids is 1. The molecule has 1 atom stereocenters. The highest BCUT2D eigenvalue weighted by Gasteiger charge is 2.20. The minimum atomic E-state index is -0.139. The van der Waals surface area contributed by atoms with Crippen molar-refractivity contribution in [1.29, 1.82) is 0 Å². The summed E-state index contributed by atoms with van der Waals surface area (Å²) < 4.78 is 5.47. The lowest BCUT2D eigenvalue weighted by Crippen LogP contribution is -2.27. The van der Waals surface area contributed by atoms with Gasteiger partial charge in [0.15, 0.2) is 0 Å². The van der Waals surface area contributed by atoms with Crippen molar-refractivity contribution >= 4 is 16.7 Å². The Hall–Kier alpha value is -2.81. The topological polar surface area (TPSA) is 38.3 Å². The molecule has 1 N–H and O–H groups in total. The normalized spacial score (nSPS) is 13.7. The van der Waals surface area contributed by atoms with Crippen LogP contribution in [0.2, 0.25) is 0 Å². The summed E-state index contributed by atoms with van der Waals surface area (Å²) in [6, 6.07) is 16.2. The van der Waals surface area contributed by atoms with Crippen LogP contribution in [0, 0.1) is 6.92 Å². The average molecular weight is 345 g/mol. The van der Waals surface area contributed by atoms with E-state index in [2.05, 4.69) is 35.6 Å². The van der Waals surface area contributed by atoms with E-state index >= 15 is 0 Å². The SMILES string of the molecule is COc1ccc(C)cc1C(C)NC(=O)c1ccc2c3c(cccc13)CC2. The number of carbonyl (C=O) groups is 1. The maximum Gasteiger partial charge on any atom is 0.252 e. The van der Waals surface area contributed by atoms with E-state index in [0.29, 0.717) is 0 Å². The second kappa shape index (κ2) is 6.49. The maximum atomic E-state index is 13.0. The fourth-order valence-electron chi connectivity index (χ4n) is 3.99. The van der Waals surface area contributed by atoms with Crippen molar-refractivity contribution < 1.29 is 9.53 Å². The molecule has 1 aliphatic rings. The lowest BCUT2D eigenvalue weighted by atomic mass is 9.98. The Morgan fingerprint density at radius 3 is 2.62 bits per heavy atom. The van der Waals surface area contributed by atoms with Gasteiger partial charge in [-0.05, 0) is 60.7 Å². The molecule has 0 spiro atoms. The number of hydrogen-bond acceptors (Lipinski definition) is 2. The van der Waals surface area contributed by atoms with Crippen LogP contribution in [0.3, 0.4) is 0 Å². The van der Waals surface area contributed by atoms with E-state index in [9.17, 15) is 4.79 Å². The second-order valence-corrected chi connectivity index (χ2v) is 7.05. The predicted molar refractivity (Wildman–Crippen MR) is 105 cm³/mol. The van der Waals surface area contributed by atoms with Gasteiger partial charge in [0.05, 0.1) is 13.2 Å². The zero-order valence-corrected chi connectivity index (χ0v) is 15.4. The summed E-state index contributed by atoms with van der Waals surface area (Å²) in [5, 5.41) is 5.47. The Morgan fingerprint density at radius 1 is 1.08 bits per heavy atom. The lowest BCUT2D eigenvalue weighted by Gasteiger charge is -2.19. The van der Waals surface area contributed by atoms with Crippen LogP contribution in [0.5, 0.6) is 5.75 Å². The highest BCUT2D eigenvalue weighted by Crippen LogP contribution is 2.33. The number of hydrogen-bond donors (Lipinski definition) is 1. The van der Waals surface area contributed by atoms with Gasteiger partial charge in [-0.1, -0.05) is 42.0 Å². The van der Waals surface area contributed by atoms with Crippen LogP contribution in [0.1, 0.15) is 45.6 Å². The van der Waals surface area contributed by atoms with Gasteiger partial charge in [-0.2, -0.15) is 0 Å². The highest BCUT2D eigenvalue weighted by atomic mass is 16.5. The molecular formula is C23H23NO2. The fraction of sp³-hybridized carbons (Fsp3) is 0.261. The predicted octanol–water partition coefficient (Wildman–Crippen LogP) is 4.75. The third-order valence-corrected chi connectivity index (χ3v) is 5.32. The molecule has 1 aliphatic carbocycles. The summed E-state index contributed by atoms with van der Waals surface area (Å²) in [6.45, 7) is 4.04. The van der Waals surface area contributed by atoms with E-state index in [1.807, 2.05) is 32.0 Å². The number of rotatable bonds is 4. The van der Waals surface area contributed by atoms with Crippen molar-refractivity contribution in [2.24, 2.45) is 0 Å². The first-order chi connectivity index (χ1) is 12.6. The number of aryl methyl sites for hydroxylation is 3. The standard InChI is InChI=1S/C23H23NO2/c1-14-7-12-21(26-3)20(13-14)15(2)24-23(25)19-11-10-17-9-8-16-5-4-6-18(19)22(16)17/h4-7,10-13,15H,8-9H2,1-3H3,(H,24,25). The molecule has 132 valence electrons. The van der Waals surface area contributed by atoms with Gasteiger partial charge in [0.2, 0.25) is 0 Å². The molecule has 0 fully saturated rings. The maximum absolute atomic E-state index is 13.0. The van der Waals surface area contributed by atoms with Crippen molar-refractivity contribution in [2.45, 2.75) is 32.7 Å². The fourth-order valence-corrected chi connectivity index (χ4v) is 3.99. The van der Waals surface area contributed by atoms with E-state index in [0.717, 1.165) is 40.7 Å². The van der Waals surface area contributed by atoms with Gasteiger partial charge in [-0.3, -0.25) is 4.79 Å². The van der Waals surface area contributed by atoms with Crippen LogP contribution in [-0.4, -0.2) is 13.0 Å². The van der Waals surface area contributed by atoms with Crippen LogP contribution < -0.4 is 10.1 Å². The molecule has 0 heterocycles. The zero-order valence-electron chi connectivity index (χ0n) is 15.4. The van der Waals surface area contributed by atoms with Gasteiger partial charge in [-0.15, -0.1) is 0 Å². The molecule has 0 bridgehead atoms. The Labute approximate surface area is 154 Å². The molecule has 4 rings (SSSR count). The van der Waals surface area contributed by atoms with Crippen molar-refractivity contribution in [1.82, 2.24) is 5.32 Å². The van der Waals surface area contributed by atoms with Crippen molar-refractivity contribution in [3.63, 3.8) is 0 Å². The van der Waals surface area contributed by atoms with Gasteiger partial charge in [0.1, 0.15) is 5.75 Å². The summed E-state index contributed by atoms with van der Waals surface area (Å²) in [5.41, 5.74) is 5.58. The second-order valence-electron chi connectivity index (χ2n) is 7.05. The number of amides is 1. The molecule has 3 aromatic rings. The Kier molecular flexibility index (Phi) is 4.15. The quantitative estimate of drug-likeness (QED) is 0.741. The molecule has 0 aliphatic heterocycles. The summed E-state index contributed by atoms with van der Waals surface area (Å²) in [4.78, 5) is 13.0. The van der Waals surface area contributed by atoms with Gasteiger partial charge in [0, 0.05) is 11.1 Å². The molecule has 26 heavy (non-hydrogen) atoms. The van der Waals surface area contributed by atoms with E-state index in [-0.39, 0.29) is 11.9 Å². The largest absolute Gasteiger partial charge is 0.496 e. The molecule has 1 amide bonds. The summed E-state index contributed by atoms with van der Waals surface area (Å²) in [6.07, 6.45) is 2.13. The van der Waals surface area contributed by atoms with E-state index in [1.54, 1.807) is 7.11 Å². The minimum absolute atomic E-state index is 0.0448. The summed E-state index contributed by atoms with van der Waals surface area (Å²) in [7, 11) is 1.66. The van der Waals surface area contributed by atoms with E-state index < -0.39 is 0 Å². The van der Waals surface area contributed by atoms with Crippen molar-refractivity contribution in [2.75, 3.05) is 7.11 Å². The highest BCUT2D eigenvalue weighted by molar-refractivity contribution is 6.09. The molecule has 0 saturated carbocycles. The molecule has 3 aromatic carbocycles. The third-order valence-electron chi connectivity index (χ3n) is 5.32. The third kappa shape index (κ3) is 2.74. The molecule has 0 aromatic heterocycles. The first-order valence-electron chi connectivity index (χ1n) is 9.07. The number of nitrogens with one attached hydrogen (secondary N) is 1. The van der Waals surface area contributed by atoms with Gasteiger partial charge >= 0.3 is 0 Å². The van der Waals surface area contributed by atoms with Crippen molar-refractivity contribution in [3.05, 3.63) is 76.3 Å². The molecule has 3 nitrogen and oxygen atoms in total. The average Bonchev–Trinajstić information content (AvgIpc) is 3.07. The first kappa shape index (κ1) is 16.6. The van der Waals surface area contributed by atoms with Crippen LogP contribution in [0.25, 0.3) is 10.8 Å². The van der Waals surface area contributed by atoms with Crippen LogP contribution in [0.15, 0.2) is 48.5 Å². The Morgan fingerprint density at radius 2 is 1.85 bits per heavy atom. The number of benzene rings is 3. The van der Waals surface area contributed by atoms with Gasteiger partial charge in [-0.25, -0.2) is 0 Å². The van der Waals surface area contributed by atoms with Crippen LogP contribution in [0.4, 0.5) is 0 Å². The van der Waals surface area contributed by atoms with Crippen LogP contribution >= 0.6 is 0 Å². The molecule has 0 radical (unpaired) electrons. The molecule has 0 saturated heterocycles. The molecular weight excluding hydrogens is 322 g/mol. The van der Waals surface area contributed by atoms with Gasteiger partial charge < -0.3 is 10.1 Å². The molecule has 3 heteroatoms. The number of methoxy groups -OCH3 is 1. The summed E-state index contributed by atoms with van der Waals surface area (Å²) >= 11 is 0. The smallest absolute Gasteiger partial charge is 0.252 e. The van der Waals surface area contributed by atoms with E-state index in [4.69, 9.17) is 4.74 Å².